The lowest BCUT2D eigenvalue weighted by atomic mass is 9.80. The number of halogens is 1. The number of hydrogen-bond donors (Lipinski definition) is 2. The molecule has 3 rings (SSSR count). The normalized spacial score (nSPS) is 18.7. The minimum Gasteiger partial charge on any atom is -0.357 e. The summed E-state index contributed by atoms with van der Waals surface area (Å²) in [4.78, 5) is 3.52. The molecule has 0 spiro atoms. The Morgan fingerprint density at radius 2 is 2.12 bits per heavy atom. The van der Waals surface area contributed by atoms with Gasteiger partial charge in [0.15, 0.2) is 0 Å². The van der Waals surface area contributed by atoms with Crippen molar-refractivity contribution in [3.8, 4) is 0 Å². The van der Waals surface area contributed by atoms with Crippen molar-refractivity contribution >= 4 is 26.8 Å². The van der Waals surface area contributed by atoms with Crippen molar-refractivity contribution in [1.82, 2.24) is 10.3 Å². The van der Waals surface area contributed by atoms with E-state index < -0.39 is 0 Å². The average molecular weight is 279 g/mol. The molecule has 2 aromatic rings. The van der Waals surface area contributed by atoms with Crippen LogP contribution in [0.1, 0.15) is 25.1 Å². The molecule has 16 heavy (non-hydrogen) atoms. The summed E-state index contributed by atoms with van der Waals surface area (Å²) in [6.45, 7) is 6.59. The van der Waals surface area contributed by atoms with Gasteiger partial charge in [-0.05, 0) is 23.8 Å². The highest BCUT2D eigenvalue weighted by Gasteiger charge is 2.30. The zero-order valence-corrected chi connectivity index (χ0v) is 11.1. The van der Waals surface area contributed by atoms with Gasteiger partial charge in [-0.1, -0.05) is 29.8 Å². The SMILES string of the molecule is CC1(C)CNCc2[nH]c3ccc(Br)cc3c21. The van der Waals surface area contributed by atoms with Gasteiger partial charge in [-0.3, -0.25) is 0 Å². The Hall–Kier alpha value is -0.800. The summed E-state index contributed by atoms with van der Waals surface area (Å²) in [7, 11) is 0. The van der Waals surface area contributed by atoms with Crippen LogP contribution in [0.4, 0.5) is 0 Å². The Morgan fingerprint density at radius 3 is 2.94 bits per heavy atom. The topological polar surface area (TPSA) is 27.8 Å². The maximum absolute atomic E-state index is 3.55. The van der Waals surface area contributed by atoms with Crippen molar-refractivity contribution in [3.63, 3.8) is 0 Å². The highest BCUT2D eigenvalue weighted by Crippen LogP contribution is 2.36. The molecule has 1 aliphatic heterocycles. The molecule has 0 bridgehead atoms. The van der Waals surface area contributed by atoms with Crippen molar-refractivity contribution in [2.45, 2.75) is 25.8 Å². The van der Waals surface area contributed by atoms with Crippen molar-refractivity contribution < 1.29 is 0 Å². The van der Waals surface area contributed by atoms with Gasteiger partial charge in [-0.25, -0.2) is 0 Å². The van der Waals surface area contributed by atoms with Crippen molar-refractivity contribution in [2.75, 3.05) is 6.54 Å². The monoisotopic (exact) mass is 278 g/mol. The largest absolute Gasteiger partial charge is 0.357 e. The molecule has 0 fully saturated rings. The Balaban J connectivity index is 2.37. The van der Waals surface area contributed by atoms with Gasteiger partial charge in [-0.15, -0.1) is 0 Å². The summed E-state index contributed by atoms with van der Waals surface area (Å²) in [5, 5.41) is 4.82. The molecule has 0 saturated carbocycles. The van der Waals surface area contributed by atoms with E-state index in [9.17, 15) is 0 Å². The van der Waals surface area contributed by atoms with Crippen LogP contribution in [0, 0.1) is 0 Å². The Bertz CT molecular complexity index is 554. The second-order valence-corrected chi connectivity index (χ2v) is 6.07. The fourth-order valence-electron chi connectivity index (χ4n) is 2.71. The molecule has 1 aromatic heterocycles. The quantitative estimate of drug-likeness (QED) is 0.760. The van der Waals surface area contributed by atoms with E-state index in [1.165, 1.54) is 22.2 Å². The number of aromatic amines is 1. The molecule has 2 N–H and O–H groups in total. The average Bonchev–Trinajstić information content (AvgIpc) is 2.56. The number of H-pyrrole nitrogens is 1. The van der Waals surface area contributed by atoms with Crippen LogP contribution >= 0.6 is 15.9 Å². The van der Waals surface area contributed by atoms with Gasteiger partial charge in [0.1, 0.15) is 0 Å². The fourth-order valence-corrected chi connectivity index (χ4v) is 3.08. The number of aromatic nitrogens is 1. The standard InChI is InChI=1S/C13H15BrN2/c1-13(2)7-15-6-11-12(13)9-5-8(14)3-4-10(9)16-11/h3-5,15-16H,6-7H2,1-2H3. The lowest BCUT2D eigenvalue weighted by molar-refractivity contribution is 0.435. The first-order valence-corrected chi connectivity index (χ1v) is 6.38. The minimum absolute atomic E-state index is 0.201. The molecule has 3 heteroatoms. The lowest BCUT2D eigenvalue weighted by Gasteiger charge is -2.31. The van der Waals surface area contributed by atoms with E-state index in [0.29, 0.717) is 0 Å². The molecule has 0 radical (unpaired) electrons. The Morgan fingerprint density at radius 1 is 1.31 bits per heavy atom. The fraction of sp³-hybridized carbons (Fsp3) is 0.385. The van der Waals surface area contributed by atoms with Crippen LogP contribution in [0.15, 0.2) is 22.7 Å². The van der Waals surface area contributed by atoms with Gasteiger partial charge >= 0.3 is 0 Å². The summed E-state index contributed by atoms with van der Waals surface area (Å²) < 4.78 is 1.15. The molecule has 1 aliphatic rings. The predicted octanol–water partition coefficient (Wildman–Crippen LogP) is 3.31. The third-order valence-corrected chi connectivity index (χ3v) is 3.88. The van der Waals surface area contributed by atoms with Gasteiger partial charge in [0.2, 0.25) is 0 Å². The number of benzene rings is 1. The summed E-state index contributed by atoms with van der Waals surface area (Å²) in [5.41, 5.74) is 4.25. The molecule has 0 unspecified atom stereocenters. The third kappa shape index (κ3) is 1.42. The Labute approximate surface area is 104 Å². The van der Waals surface area contributed by atoms with Gasteiger partial charge in [-0.2, -0.15) is 0 Å². The van der Waals surface area contributed by atoms with Gasteiger partial charge in [0.25, 0.3) is 0 Å². The first kappa shape index (κ1) is 10.4. The molecular formula is C13H15BrN2. The number of hydrogen-bond acceptors (Lipinski definition) is 1. The summed E-state index contributed by atoms with van der Waals surface area (Å²) in [5.74, 6) is 0. The number of fused-ring (bicyclic) bond motifs is 3. The number of rotatable bonds is 0. The Kier molecular flexibility index (Phi) is 2.17. The van der Waals surface area contributed by atoms with Gasteiger partial charge in [0.05, 0.1) is 0 Å². The zero-order chi connectivity index (χ0) is 11.3. The smallest absolute Gasteiger partial charge is 0.0460 e. The van der Waals surface area contributed by atoms with E-state index in [4.69, 9.17) is 0 Å². The van der Waals surface area contributed by atoms with Crippen molar-refractivity contribution in [2.24, 2.45) is 0 Å². The van der Waals surface area contributed by atoms with Crippen molar-refractivity contribution in [1.29, 1.82) is 0 Å². The van der Waals surface area contributed by atoms with Crippen molar-refractivity contribution in [3.05, 3.63) is 33.9 Å². The second-order valence-electron chi connectivity index (χ2n) is 5.16. The zero-order valence-electron chi connectivity index (χ0n) is 9.52. The van der Waals surface area contributed by atoms with Gasteiger partial charge < -0.3 is 10.3 Å². The van der Waals surface area contributed by atoms with Crippen LogP contribution in [0.25, 0.3) is 10.9 Å². The second kappa shape index (κ2) is 3.34. The first-order valence-electron chi connectivity index (χ1n) is 5.59. The molecule has 0 saturated heterocycles. The van der Waals surface area contributed by atoms with E-state index in [1.54, 1.807) is 0 Å². The van der Waals surface area contributed by atoms with Crippen LogP contribution < -0.4 is 5.32 Å². The van der Waals surface area contributed by atoms with Crippen LogP contribution in [0.5, 0.6) is 0 Å². The highest BCUT2D eigenvalue weighted by molar-refractivity contribution is 9.10. The van der Waals surface area contributed by atoms with E-state index in [1.807, 2.05) is 0 Å². The van der Waals surface area contributed by atoms with Crippen LogP contribution in [-0.4, -0.2) is 11.5 Å². The third-order valence-electron chi connectivity index (χ3n) is 3.38. The molecule has 84 valence electrons. The van der Waals surface area contributed by atoms with Crippen LogP contribution in [0.2, 0.25) is 0 Å². The highest BCUT2D eigenvalue weighted by atomic mass is 79.9. The van der Waals surface area contributed by atoms with E-state index >= 15 is 0 Å². The molecule has 0 amide bonds. The van der Waals surface area contributed by atoms with E-state index in [2.05, 4.69) is 58.3 Å². The van der Waals surface area contributed by atoms with Gasteiger partial charge in [0, 0.05) is 39.6 Å². The molecule has 2 nitrogen and oxygen atoms in total. The lowest BCUT2D eigenvalue weighted by Crippen LogP contribution is -2.38. The summed E-state index contributed by atoms with van der Waals surface area (Å²) in [6.07, 6.45) is 0. The molecule has 0 atom stereocenters. The molecule has 1 aromatic carbocycles. The maximum Gasteiger partial charge on any atom is 0.0460 e. The van der Waals surface area contributed by atoms with E-state index in [0.717, 1.165) is 17.6 Å². The summed E-state index contributed by atoms with van der Waals surface area (Å²) >= 11 is 3.55. The molecular weight excluding hydrogens is 264 g/mol. The minimum atomic E-state index is 0.201. The molecule has 2 heterocycles. The van der Waals surface area contributed by atoms with Crippen LogP contribution in [-0.2, 0) is 12.0 Å². The van der Waals surface area contributed by atoms with Crippen LogP contribution in [0.3, 0.4) is 0 Å². The predicted molar refractivity (Wildman–Crippen MR) is 70.7 cm³/mol. The number of nitrogens with one attached hydrogen (secondary N) is 2. The first-order chi connectivity index (χ1) is 7.58. The van der Waals surface area contributed by atoms with E-state index in [-0.39, 0.29) is 5.41 Å². The molecule has 0 aliphatic carbocycles. The maximum atomic E-state index is 3.55. The summed E-state index contributed by atoms with van der Waals surface area (Å²) in [6, 6.07) is 6.45.